The monoisotopic (exact) mass is 729 g/mol. The van der Waals surface area contributed by atoms with Crippen molar-refractivity contribution < 1.29 is 9.13 Å². The number of anilines is 3. The van der Waals surface area contributed by atoms with Crippen LogP contribution in [-0.2, 0) is 32.0 Å². The second kappa shape index (κ2) is 11.8. The van der Waals surface area contributed by atoms with Crippen molar-refractivity contribution >= 4 is 39.6 Å². The van der Waals surface area contributed by atoms with Gasteiger partial charge >= 0.3 is 6.01 Å². The molecule has 0 bridgehead atoms. The third kappa shape index (κ3) is 4.90. The van der Waals surface area contributed by atoms with Crippen LogP contribution < -0.4 is 20.3 Å². The van der Waals surface area contributed by atoms with Gasteiger partial charge in [-0.3, -0.25) is 9.58 Å². The van der Waals surface area contributed by atoms with E-state index in [2.05, 4.69) is 37.0 Å². The van der Waals surface area contributed by atoms with Gasteiger partial charge in [-0.05, 0) is 51.1 Å². The van der Waals surface area contributed by atoms with Crippen molar-refractivity contribution in [3.8, 4) is 29.7 Å². The topological polar surface area (TPSA) is 167 Å². The Morgan fingerprint density at radius 2 is 1.84 bits per heavy atom. The molecule has 8 heterocycles. The van der Waals surface area contributed by atoms with E-state index >= 15 is 0 Å². The molecule has 51 heavy (non-hydrogen) atoms. The Balaban J connectivity index is 1.08. The average Bonchev–Trinajstić information content (AvgIpc) is 3.90. The standard InChI is InChI=1S/C34H37ClFN13OS/c1-19-42-43-31(45(19)2)27-26(35)23-15-46(8-4-10-49(23)44-27)29-22(13-38)30(41-32(40-29)50-18-34-6-3-9-48(34)14-20(36)11-34)47-16-33(17-47)7-5-24-25(33)21(12-37)28(39)51-24/h20H,3-11,14-18,39H2,1-2H3/t20-,34+/m1/s1. The summed E-state index contributed by atoms with van der Waals surface area (Å²) in [5.74, 6) is 2.28. The number of aromatic nitrogens is 7. The number of hydrogen-bond donors (Lipinski definition) is 1. The number of nitrogens with zero attached hydrogens (tertiary/aromatic N) is 12. The van der Waals surface area contributed by atoms with Gasteiger partial charge < -0.3 is 24.8 Å². The Labute approximate surface area is 303 Å². The summed E-state index contributed by atoms with van der Waals surface area (Å²) in [5, 5.41) is 35.1. The van der Waals surface area contributed by atoms with E-state index in [4.69, 9.17) is 37.1 Å². The zero-order valence-electron chi connectivity index (χ0n) is 28.5. The van der Waals surface area contributed by atoms with Gasteiger partial charge in [0.25, 0.3) is 0 Å². The highest BCUT2D eigenvalue weighted by Gasteiger charge is 2.53. The van der Waals surface area contributed by atoms with Crippen LogP contribution >= 0.6 is 22.9 Å². The van der Waals surface area contributed by atoms with Crippen LogP contribution in [0.4, 0.5) is 21.0 Å². The second-order valence-corrected chi connectivity index (χ2v) is 16.1. The third-order valence-corrected chi connectivity index (χ3v) is 13.2. The number of nitrogens with two attached hydrogens (primary N) is 1. The maximum atomic E-state index is 14.6. The van der Waals surface area contributed by atoms with Crippen LogP contribution in [0.15, 0.2) is 0 Å². The maximum absolute atomic E-state index is 14.6. The summed E-state index contributed by atoms with van der Waals surface area (Å²) in [7, 11) is 1.88. The van der Waals surface area contributed by atoms with Gasteiger partial charge in [-0.1, -0.05) is 11.6 Å². The summed E-state index contributed by atoms with van der Waals surface area (Å²) in [6.07, 6.45) is 3.90. The molecular weight excluding hydrogens is 693 g/mol. The number of hydrogen-bond acceptors (Lipinski definition) is 13. The van der Waals surface area contributed by atoms with Crippen molar-refractivity contribution in [2.24, 2.45) is 7.05 Å². The van der Waals surface area contributed by atoms with Gasteiger partial charge in [0.05, 0.1) is 28.4 Å². The van der Waals surface area contributed by atoms with Gasteiger partial charge in [0.15, 0.2) is 17.5 Å². The number of nitriles is 2. The number of ether oxygens (including phenoxy) is 1. The van der Waals surface area contributed by atoms with Crippen LogP contribution in [0.1, 0.15) is 65.2 Å². The lowest BCUT2D eigenvalue weighted by Crippen LogP contribution is -2.59. The van der Waals surface area contributed by atoms with Crippen LogP contribution in [0.25, 0.3) is 11.5 Å². The van der Waals surface area contributed by atoms with Gasteiger partial charge in [0.1, 0.15) is 47.0 Å². The van der Waals surface area contributed by atoms with E-state index in [9.17, 15) is 14.9 Å². The summed E-state index contributed by atoms with van der Waals surface area (Å²) >= 11 is 8.54. The largest absolute Gasteiger partial charge is 0.461 e. The fraction of sp³-hybridized carbons (Fsp3) is 0.559. The molecule has 1 spiro atoms. The fourth-order valence-corrected chi connectivity index (χ4v) is 10.5. The molecule has 1 aliphatic carbocycles. The molecule has 0 unspecified atom stereocenters. The van der Waals surface area contributed by atoms with Crippen molar-refractivity contribution in [1.29, 1.82) is 10.5 Å². The molecule has 4 aromatic rings. The number of rotatable bonds is 6. The lowest BCUT2D eigenvalue weighted by Gasteiger charge is -2.49. The first-order chi connectivity index (χ1) is 24.6. The minimum absolute atomic E-state index is 0.159. The number of fused-ring (bicyclic) bond motifs is 4. The first-order valence-electron chi connectivity index (χ1n) is 17.4. The Morgan fingerprint density at radius 3 is 2.59 bits per heavy atom. The highest BCUT2D eigenvalue weighted by molar-refractivity contribution is 7.16. The van der Waals surface area contributed by atoms with Gasteiger partial charge in [-0.2, -0.15) is 25.6 Å². The van der Waals surface area contributed by atoms with E-state index < -0.39 is 6.17 Å². The molecule has 4 aliphatic heterocycles. The lowest BCUT2D eigenvalue weighted by atomic mass is 9.74. The Bertz CT molecular complexity index is 2160. The van der Waals surface area contributed by atoms with E-state index in [1.54, 1.807) is 0 Å². The highest BCUT2D eigenvalue weighted by Crippen LogP contribution is 2.53. The fourth-order valence-electron chi connectivity index (χ4n) is 9.08. The van der Waals surface area contributed by atoms with Crippen LogP contribution in [0.3, 0.4) is 0 Å². The highest BCUT2D eigenvalue weighted by atomic mass is 35.5. The predicted molar refractivity (Wildman–Crippen MR) is 189 cm³/mol. The molecule has 17 heteroatoms. The van der Waals surface area contributed by atoms with Crippen LogP contribution in [-0.4, -0.2) is 90.5 Å². The zero-order valence-corrected chi connectivity index (χ0v) is 30.1. The minimum Gasteiger partial charge on any atom is -0.461 e. The molecule has 5 aliphatic rings. The van der Waals surface area contributed by atoms with E-state index in [1.807, 2.05) is 23.2 Å². The normalized spacial score (nSPS) is 23.5. The molecule has 9 rings (SSSR count). The molecule has 4 aromatic heterocycles. The van der Waals surface area contributed by atoms with Crippen LogP contribution in [0.2, 0.25) is 5.02 Å². The molecule has 3 saturated heterocycles. The molecule has 2 atom stereocenters. The van der Waals surface area contributed by atoms with E-state index in [0.717, 1.165) is 55.7 Å². The Morgan fingerprint density at radius 1 is 1.06 bits per heavy atom. The Hall–Kier alpha value is -4.51. The molecule has 3 fully saturated rings. The van der Waals surface area contributed by atoms with Crippen molar-refractivity contribution in [2.75, 3.05) is 54.9 Å². The van der Waals surface area contributed by atoms with Crippen LogP contribution in [0.5, 0.6) is 6.01 Å². The van der Waals surface area contributed by atoms with Crippen molar-refractivity contribution in [2.45, 2.75) is 75.7 Å². The molecule has 0 aromatic carbocycles. The van der Waals surface area contributed by atoms with E-state index in [0.29, 0.717) is 90.0 Å². The maximum Gasteiger partial charge on any atom is 0.320 e. The quantitative estimate of drug-likeness (QED) is 0.305. The summed E-state index contributed by atoms with van der Waals surface area (Å²) in [6, 6.07) is 4.93. The number of alkyl halides is 1. The molecule has 2 N–H and O–H groups in total. The van der Waals surface area contributed by atoms with Crippen LogP contribution in [0, 0.1) is 29.6 Å². The molecular formula is C34H37ClFN13OS. The average molecular weight is 730 g/mol. The molecule has 264 valence electrons. The molecule has 0 saturated carbocycles. The smallest absolute Gasteiger partial charge is 0.320 e. The second-order valence-electron chi connectivity index (χ2n) is 14.6. The summed E-state index contributed by atoms with van der Waals surface area (Å²) in [6.45, 7) is 6.16. The SMILES string of the molecule is Cc1nnc(-c2nn3c(c2Cl)CN(c2nc(OC[C@@]45CCCN4C[C@H](F)C5)nc(N4CC5(CCc6sc(N)c(C#N)c65)C4)c2C#N)CCC3)n1C. The van der Waals surface area contributed by atoms with E-state index in [1.165, 1.54) is 16.2 Å². The first kappa shape index (κ1) is 32.4. The molecule has 14 nitrogen and oxygen atoms in total. The van der Waals surface area contributed by atoms with Crippen molar-refractivity contribution in [3.63, 3.8) is 0 Å². The van der Waals surface area contributed by atoms with Crippen molar-refractivity contribution in [1.82, 2.24) is 39.4 Å². The number of nitrogen functional groups attached to an aromatic ring is 1. The zero-order chi connectivity index (χ0) is 35.2. The molecule has 0 radical (unpaired) electrons. The van der Waals surface area contributed by atoms with Gasteiger partial charge in [-0.15, -0.1) is 21.5 Å². The Kier molecular flexibility index (Phi) is 7.47. The van der Waals surface area contributed by atoms with Gasteiger partial charge in [-0.25, -0.2) is 4.39 Å². The summed E-state index contributed by atoms with van der Waals surface area (Å²) in [5.41, 5.74) is 8.96. The van der Waals surface area contributed by atoms with Crippen molar-refractivity contribution in [3.05, 3.63) is 38.1 Å². The van der Waals surface area contributed by atoms with Gasteiger partial charge in [0.2, 0.25) is 0 Å². The summed E-state index contributed by atoms with van der Waals surface area (Å²) < 4.78 is 24.8. The predicted octanol–water partition coefficient (Wildman–Crippen LogP) is 3.89. The molecule has 0 amide bonds. The number of thiophene rings is 1. The first-order valence-corrected chi connectivity index (χ1v) is 18.6. The number of aryl methyl sites for hydroxylation is 3. The lowest BCUT2D eigenvalue weighted by molar-refractivity contribution is 0.107. The number of halogens is 2. The third-order valence-electron chi connectivity index (χ3n) is 11.7. The van der Waals surface area contributed by atoms with E-state index in [-0.39, 0.29) is 23.6 Å². The summed E-state index contributed by atoms with van der Waals surface area (Å²) in [4.78, 5) is 17.3. The van der Waals surface area contributed by atoms with Gasteiger partial charge in [0, 0.05) is 56.5 Å². The minimum atomic E-state index is -0.887.